The monoisotopic (exact) mass is 496 g/mol. The fraction of sp³-hybridized carbons (Fsp3) is 0.417. The molecule has 0 radical (unpaired) electrons. The van der Waals surface area contributed by atoms with Gasteiger partial charge in [-0.3, -0.25) is 9.59 Å². The first-order chi connectivity index (χ1) is 15.2. The van der Waals surface area contributed by atoms with Gasteiger partial charge in [0.25, 0.3) is 0 Å². The summed E-state index contributed by atoms with van der Waals surface area (Å²) in [5, 5.41) is 3.80. The summed E-state index contributed by atoms with van der Waals surface area (Å²) in [5.41, 5.74) is 1.92. The van der Waals surface area contributed by atoms with Crippen LogP contribution in [0.1, 0.15) is 38.3 Å². The molecule has 32 heavy (non-hydrogen) atoms. The van der Waals surface area contributed by atoms with Crippen molar-refractivity contribution in [2.75, 3.05) is 12.9 Å². The van der Waals surface area contributed by atoms with Crippen LogP contribution in [0.25, 0.3) is 0 Å². The number of benzene rings is 2. The number of carbonyl (C=O) groups excluding carboxylic acids is 2. The van der Waals surface area contributed by atoms with E-state index in [4.69, 9.17) is 27.9 Å². The Morgan fingerprint density at radius 2 is 1.72 bits per heavy atom. The topological polar surface area (TPSA) is 58.6 Å². The number of halogens is 2. The molecule has 2 amide bonds. The highest BCUT2D eigenvalue weighted by Gasteiger charge is 2.29. The lowest BCUT2D eigenvalue weighted by Gasteiger charge is -2.31. The largest absolute Gasteiger partial charge is 0.497 e. The molecule has 1 N–H and O–H groups in total. The molecular formula is C24H30Cl2N2O3S. The van der Waals surface area contributed by atoms with Gasteiger partial charge in [0.15, 0.2) is 0 Å². The van der Waals surface area contributed by atoms with Crippen molar-refractivity contribution in [3.05, 3.63) is 63.6 Å². The summed E-state index contributed by atoms with van der Waals surface area (Å²) in [7, 11) is 1.63. The maximum atomic E-state index is 13.2. The third-order valence-electron chi connectivity index (χ3n) is 4.81. The standard InChI is InChI=1S/C24H30Cl2N2O3S/c1-5-22(24(30)27-16(2)3)28(13-18-8-11-20(25)21(26)12-18)23(29)15-32-14-17-6-9-19(31-4)10-7-17/h6-12,16,22H,5,13-15H2,1-4H3,(H,27,30)/t22-/m0/s1. The summed E-state index contributed by atoms with van der Waals surface area (Å²) in [5.74, 6) is 1.49. The van der Waals surface area contributed by atoms with Crippen LogP contribution in [0.15, 0.2) is 42.5 Å². The average Bonchev–Trinajstić information content (AvgIpc) is 2.76. The van der Waals surface area contributed by atoms with Crippen LogP contribution in [0.5, 0.6) is 5.75 Å². The minimum atomic E-state index is -0.569. The fourth-order valence-electron chi connectivity index (χ4n) is 3.20. The van der Waals surface area contributed by atoms with E-state index < -0.39 is 6.04 Å². The molecule has 0 bridgehead atoms. The van der Waals surface area contributed by atoms with E-state index in [-0.39, 0.29) is 30.2 Å². The first kappa shape index (κ1) is 26.4. The van der Waals surface area contributed by atoms with Crippen LogP contribution in [0, 0.1) is 0 Å². The molecule has 0 unspecified atom stereocenters. The van der Waals surface area contributed by atoms with Gasteiger partial charge in [-0.2, -0.15) is 0 Å². The summed E-state index contributed by atoms with van der Waals surface area (Å²) >= 11 is 13.7. The number of nitrogens with one attached hydrogen (secondary N) is 1. The van der Waals surface area contributed by atoms with Gasteiger partial charge < -0.3 is 15.0 Å². The Bertz CT molecular complexity index is 907. The first-order valence-corrected chi connectivity index (χ1v) is 12.4. The van der Waals surface area contributed by atoms with Crippen molar-refractivity contribution >= 4 is 46.8 Å². The molecule has 2 rings (SSSR count). The molecule has 0 fully saturated rings. The molecule has 0 saturated carbocycles. The second-order valence-corrected chi connectivity index (χ2v) is 9.50. The Labute approximate surface area is 204 Å². The van der Waals surface area contributed by atoms with Crippen molar-refractivity contribution in [3.63, 3.8) is 0 Å². The van der Waals surface area contributed by atoms with Crippen molar-refractivity contribution < 1.29 is 14.3 Å². The number of rotatable bonds is 11. The molecule has 0 aromatic heterocycles. The van der Waals surface area contributed by atoms with E-state index in [1.165, 1.54) is 11.8 Å². The van der Waals surface area contributed by atoms with Gasteiger partial charge in [-0.25, -0.2) is 0 Å². The van der Waals surface area contributed by atoms with Gasteiger partial charge in [0.2, 0.25) is 11.8 Å². The number of nitrogens with zero attached hydrogens (tertiary/aromatic N) is 1. The number of thioether (sulfide) groups is 1. The third-order valence-corrected chi connectivity index (χ3v) is 6.53. The van der Waals surface area contributed by atoms with Crippen molar-refractivity contribution in [1.29, 1.82) is 0 Å². The number of ether oxygens (including phenoxy) is 1. The number of hydrogen-bond donors (Lipinski definition) is 1. The molecule has 0 saturated heterocycles. The SMILES string of the molecule is CC[C@@H](C(=O)NC(C)C)N(Cc1ccc(Cl)c(Cl)c1)C(=O)CSCc1ccc(OC)cc1. The van der Waals surface area contributed by atoms with Crippen LogP contribution in [0.4, 0.5) is 0 Å². The van der Waals surface area contributed by atoms with E-state index in [2.05, 4.69) is 5.32 Å². The Kier molecular flexibility index (Phi) is 10.7. The second kappa shape index (κ2) is 13.0. The minimum Gasteiger partial charge on any atom is -0.497 e. The minimum absolute atomic E-state index is 0.0112. The van der Waals surface area contributed by atoms with Crippen molar-refractivity contribution in [2.24, 2.45) is 0 Å². The van der Waals surface area contributed by atoms with Crippen LogP contribution < -0.4 is 10.1 Å². The van der Waals surface area contributed by atoms with Gasteiger partial charge in [-0.05, 0) is 55.7 Å². The maximum absolute atomic E-state index is 13.2. The number of carbonyl (C=O) groups is 2. The molecule has 0 aliphatic heterocycles. The molecule has 0 spiro atoms. The van der Waals surface area contributed by atoms with E-state index in [0.717, 1.165) is 16.9 Å². The van der Waals surface area contributed by atoms with Gasteiger partial charge in [0.05, 0.1) is 22.9 Å². The van der Waals surface area contributed by atoms with Crippen LogP contribution in [-0.2, 0) is 21.9 Å². The average molecular weight is 497 g/mol. The van der Waals surface area contributed by atoms with Crippen LogP contribution in [0.3, 0.4) is 0 Å². The lowest BCUT2D eigenvalue weighted by molar-refractivity contribution is -0.139. The normalized spacial score (nSPS) is 11.8. The summed E-state index contributed by atoms with van der Waals surface area (Å²) in [6.45, 7) is 5.99. The van der Waals surface area contributed by atoms with Gasteiger partial charge >= 0.3 is 0 Å². The van der Waals surface area contributed by atoms with Crippen molar-refractivity contribution in [3.8, 4) is 5.75 Å². The number of amides is 2. The second-order valence-electron chi connectivity index (χ2n) is 7.70. The molecule has 2 aromatic rings. The maximum Gasteiger partial charge on any atom is 0.243 e. The van der Waals surface area contributed by atoms with E-state index in [1.807, 2.05) is 51.1 Å². The van der Waals surface area contributed by atoms with E-state index in [0.29, 0.717) is 22.2 Å². The Hall–Kier alpha value is -1.89. The van der Waals surface area contributed by atoms with Crippen molar-refractivity contribution in [1.82, 2.24) is 10.2 Å². The number of methoxy groups -OCH3 is 1. The quantitative estimate of drug-likeness (QED) is 0.441. The highest BCUT2D eigenvalue weighted by Crippen LogP contribution is 2.25. The smallest absolute Gasteiger partial charge is 0.243 e. The van der Waals surface area contributed by atoms with Crippen LogP contribution >= 0.6 is 35.0 Å². The highest BCUT2D eigenvalue weighted by atomic mass is 35.5. The van der Waals surface area contributed by atoms with Crippen LogP contribution in [-0.4, -0.2) is 41.7 Å². The number of hydrogen-bond acceptors (Lipinski definition) is 4. The van der Waals surface area contributed by atoms with Gasteiger partial charge in [-0.1, -0.05) is 48.3 Å². The summed E-state index contributed by atoms with van der Waals surface area (Å²) in [6, 6.07) is 12.5. The third kappa shape index (κ3) is 7.91. The first-order valence-electron chi connectivity index (χ1n) is 10.5. The lowest BCUT2D eigenvalue weighted by atomic mass is 10.1. The summed E-state index contributed by atoms with van der Waals surface area (Å²) in [4.78, 5) is 27.7. The Morgan fingerprint density at radius 1 is 1.06 bits per heavy atom. The predicted octanol–water partition coefficient (Wildman–Crippen LogP) is 5.57. The van der Waals surface area contributed by atoms with Gasteiger partial charge in [0, 0.05) is 18.3 Å². The molecule has 8 heteroatoms. The molecular weight excluding hydrogens is 467 g/mol. The van der Waals surface area contributed by atoms with Gasteiger partial charge in [0.1, 0.15) is 11.8 Å². The van der Waals surface area contributed by atoms with Gasteiger partial charge in [-0.15, -0.1) is 11.8 Å². The zero-order valence-corrected chi connectivity index (χ0v) is 21.2. The molecule has 0 aliphatic rings. The summed E-state index contributed by atoms with van der Waals surface area (Å²) < 4.78 is 5.18. The van der Waals surface area contributed by atoms with E-state index >= 15 is 0 Å². The van der Waals surface area contributed by atoms with E-state index in [1.54, 1.807) is 24.1 Å². The highest BCUT2D eigenvalue weighted by molar-refractivity contribution is 7.99. The van der Waals surface area contributed by atoms with E-state index in [9.17, 15) is 9.59 Å². The molecule has 0 heterocycles. The molecule has 0 aliphatic carbocycles. The summed E-state index contributed by atoms with van der Waals surface area (Å²) in [6.07, 6.45) is 0.509. The molecule has 1 atom stereocenters. The molecule has 5 nitrogen and oxygen atoms in total. The molecule has 2 aromatic carbocycles. The Balaban J connectivity index is 2.14. The van der Waals surface area contributed by atoms with Crippen LogP contribution in [0.2, 0.25) is 10.0 Å². The molecule has 174 valence electrons. The Morgan fingerprint density at radius 3 is 2.28 bits per heavy atom. The zero-order chi connectivity index (χ0) is 23.7. The van der Waals surface area contributed by atoms with Crippen molar-refractivity contribution in [2.45, 2.75) is 51.6 Å². The fourth-order valence-corrected chi connectivity index (χ4v) is 4.39. The predicted molar refractivity (Wildman–Crippen MR) is 134 cm³/mol. The lowest BCUT2D eigenvalue weighted by Crippen LogP contribution is -2.50. The zero-order valence-electron chi connectivity index (χ0n) is 18.9.